The molecule has 1 amide bonds. The second kappa shape index (κ2) is 16.5. The van der Waals surface area contributed by atoms with Crippen LogP contribution in [0.2, 0.25) is 10.0 Å². The van der Waals surface area contributed by atoms with Gasteiger partial charge >= 0.3 is 0 Å². The van der Waals surface area contributed by atoms with Gasteiger partial charge in [0.25, 0.3) is 5.91 Å². The van der Waals surface area contributed by atoms with Crippen molar-refractivity contribution in [3.63, 3.8) is 0 Å². The number of amides is 1. The summed E-state index contributed by atoms with van der Waals surface area (Å²) < 4.78 is 25.6. The zero-order chi connectivity index (χ0) is 33.9. The number of rotatable bonds is 15. The first kappa shape index (κ1) is 34.7. The summed E-state index contributed by atoms with van der Waals surface area (Å²) in [5.74, 6) is -0.00475. The molecule has 10 nitrogen and oxygen atoms in total. The number of carbonyl (C=O) groups excluding carboxylic acids is 1. The Morgan fingerprint density at radius 3 is 2.52 bits per heavy atom. The van der Waals surface area contributed by atoms with Gasteiger partial charge in [-0.05, 0) is 77.2 Å². The normalized spacial score (nSPS) is 16.8. The van der Waals surface area contributed by atoms with Crippen LogP contribution in [0.1, 0.15) is 40.3 Å². The standard InChI is InChI=1S/C35H33Cl2FN6O4/c36-27-10-15-30(31(37)20-27)32-35(21-25-4-1-2-5-26(25)22-41-44-39,34(46)43-40-17-16-23-6-11-28(38)12-7-23)42-33(48-32)24-8-13-29(14-9-24)47-19-3-18-45/h1-2,4-15,20,32,40,45H,3,16-19,21-22H2,(H,43,46)/t32-,35-/m0/s1. The Labute approximate surface area is 287 Å². The maximum absolute atomic E-state index is 14.5. The highest BCUT2D eigenvalue weighted by atomic mass is 35.5. The van der Waals surface area contributed by atoms with E-state index in [2.05, 4.69) is 20.9 Å². The molecule has 248 valence electrons. The summed E-state index contributed by atoms with van der Waals surface area (Å²) >= 11 is 13.0. The number of ether oxygens (including phenoxy) is 2. The smallest absolute Gasteiger partial charge is 0.266 e. The molecule has 0 unspecified atom stereocenters. The monoisotopic (exact) mass is 690 g/mol. The number of hydrogen-bond acceptors (Lipinski definition) is 7. The molecule has 13 heteroatoms. The minimum absolute atomic E-state index is 0.0224. The Balaban J connectivity index is 1.54. The van der Waals surface area contributed by atoms with Gasteiger partial charge in [-0.2, -0.15) is 0 Å². The molecule has 5 rings (SSSR count). The zero-order valence-corrected chi connectivity index (χ0v) is 27.3. The Morgan fingerprint density at radius 2 is 1.81 bits per heavy atom. The van der Waals surface area contributed by atoms with E-state index in [0.717, 1.165) is 16.7 Å². The summed E-state index contributed by atoms with van der Waals surface area (Å²) in [7, 11) is 0. The van der Waals surface area contributed by atoms with Crippen LogP contribution in [0.15, 0.2) is 101 Å². The van der Waals surface area contributed by atoms with Crippen molar-refractivity contribution in [2.45, 2.75) is 37.5 Å². The number of carbonyl (C=O) groups is 1. The van der Waals surface area contributed by atoms with Crippen LogP contribution in [0.25, 0.3) is 10.4 Å². The van der Waals surface area contributed by atoms with Gasteiger partial charge in [-0.1, -0.05) is 70.8 Å². The van der Waals surface area contributed by atoms with E-state index in [1.165, 1.54) is 12.1 Å². The second-order valence-corrected chi connectivity index (χ2v) is 11.9. The summed E-state index contributed by atoms with van der Waals surface area (Å²) in [6, 6.07) is 25.5. The van der Waals surface area contributed by atoms with Crippen LogP contribution in [-0.4, -0.2) is 42.2 Å². The summed E-state index contributed by atoms with van der Waals surface area (Å²) in [6.07, 6.45) is 0.0829. The van der Waals surface area contributed by atoms with Gasteiger partial charge in [0.1, 0.15) is 11.6 Å². The molecule has 4 aromatic carbocycles. The van der Waals surface area contributed by atoms with Crippen molar-refractivity contribution in [2.24, 2.45) is 10.1 Å². The minimum Gasteiger partial charge on any atom is -0.494 e. The Kier molecular flexibility index (Phi) is 11.9. The molecule has 0 radical (unpaired) electrons. The molecule has 0 bridgehead atoms. The van der Waals surface area contributed by atoms with E-state index in [1.54, 1.807) is 54.6 Å². The largest absolute Gasteiger partial charge is 0.494 e. The van der Waals surface area contributed by atoms with Crippen molar-refractivity contribution in [3.8, 4) is 5.75 Å². The second-order valence-electron chi connectivity index (χ2n) is 11.0. The molecule has 1 aliphatic heterocycles. The van der Waals surface area contributed by atoms with E-state index in [9.17, 15) is 9.18 Å². The van der Waals surface area contributed by atoms with Gasteiger partial charge in [0.15, 0.2) is 11.6 Å². The van der Waals surface area contributed by atoms with Gasteiger partial charge in [0.05, 0.1) is 13.2 Å². The van der Waals surface area contributed by atoms with Crippen LogP contribution in [-0.2, 0) is 28.9 Å². The number of benzene rings is 4. The lowest BCUT2D eigenvalue weighted by Gasteiger charge is -2.32. The number of azide groups is 1. The fraction of sp³-hybridized carbons (Fsp3) is 0.257. The van der Waals surface area contributed by atoms with Crippen molar-refractivity contribution in [1.82, 2.24) is 10.9 Å². The maximum atomic E-state index is 14.5. The molecule has 1 aliphatic rings. The lowest BCUT2D eigenvalue weighted by Crippen LogP contribution is -2.54. The number of halogens is 3. The van der Waals surface area contributed by atoms with Crippen LogP contribution in [0.4, 0.5) is 4.39 Å². The summed E-state index contributed by atoms with van der Waals surface area (Å²) in [6.45, 7) is 0.802. The van der Waals surface area contributed by atoms with Crippen molar-refractivity contribution < 1.29 is 23.8 Å². The molecule has 0 aromatic heterocycles. The van der Waals surface area contributed by atoms with Crippen LogP contribution in [0.5, 0.6) is 5.75 Å². The zero-order valence-electron chi connectivity index (χ0n) is 25.8. The van der Waals surface area contributed by atoms with Crippen LogP contribution in [0.3, 0.4) is 0 Å². The number of aliphatic imine (C=N–C) groups is 1. The number of nitrogens with one attached hydrogen (secondary N) is 2. The fourth-order valence-corrected chi connectivity index (χ4v) is 5.87. The molecule has 2 atom stereocenters. The van der Waals surface area contributed by atoms with Crippen LogP contribution >= 0.6 is 23.2 Å². The van der Waals surface area contributed by atoms with Crippen molar-refractivity contribution in [2.75, 3.05) is 19.8 Å². The summed E-state index contributed by atoms with van der Waals surface area (Å²) in [5.41, 5.74) is 16.7. The van der Waals surface area contributed by atoms with Gasteiger partial charge in [0.2, 0.25) is 5.90 Å². The lowest BCUT2D eigenvalue weighted by molar-refractivity contribution is -0.130. The first-order valence-corrected chi connectivity index (χ1v) is 16.0. The summed E-state index contributed by atoms with van der Waals surface area (Å²) in [5, 5.41) is 13.5. The quantitative estimate of drug-likeness (QED) is 0.0402. The lowest BCUT2D eigenvalue weighted by atomic mass is 9.81. The number of aliphatic hydroxyl groups is 1. The SMILES string of the molecule is [N-]=[N+]=NCc1ccccc1C[C@]1(C(=O)NNCCc2ccc(F)cc2)N=C(c2ccc(OCCCO)cc2)O[C@H]1c1ccc(Cl)cc1Cl. The third kappa shape index (κ3) is 8.44. The molecular formula is C35H33Cl2FN6O4. The van der Waals surface area contributed by atoms with Crippen molar-refractivity contribution in [1.29, 1.82) is 0 Å². The average molecular weight is 692 g/mol. The van der Waals surface area contributed by atoms with E-state index in [1.807, 2.05) is 24.3 Å². The molecule has 0 aliphatic carbocycles. The first-order valence-electron chi connectivity index (χ1n) is 15.2. The van der Waals surface area contributed by atoms with Gasteiger partial charge < -0.3 is 14.6 Å². The molecular weight excluding hydrogens is 658 g/mol. The highest BCUT2D eigenvalue weighted by molar-refractivity contribution is 6.35. The van der Waals surface area contributed by atoms with Gasteiger partial charge in [0, 0.05) is 52.1 Å². The van der Waals surface area contributed by atoms with Crippen LogP contribution < -0.4 is 15.6 Å². The number of hydrazine groups is 1. The van der Waals surface area contributed by atoms with Crippen molar-refractivity contribution >= 4 is 35.0 Å². The van der Waals surface area contributed by atoms with E-state index >= 15 is 0 Å². The van der Waals surface area contributed by atoms with E-state index in [-0.39, 0.29) is 31.3 Å². The van der Waals surface area contributed by atoms with Crippen LogP contribution in [0, 0.1) is 5.82 Å². The molecule has 0 spiro atoms. The van der Waals surface area contributed by atoms with E-state index < -0.39 is 17.6 Å². The molecule has 1 heterocycles. The van der Waals surface area contributed by atoms with Gasteiger partial charge in [-0.15, -0.1) is 0 Å². The Bertz CT molecular complexity index is 1800. The Morgan fingerprint density at radius 1 is 1.06 bits per heavy atom. The molecule has 0 fully saturated rings. The topological polar surface area (TPSA) is 141 Å². The van der Waals surface area contributed by atoms with Gasteiger partial charge in [-0.3, -0.25) is 10.2 Å². The molecule has 0 saturated heterocycles. The molecule has 48 heavy (non-hydrogen) atoms. The number of nitrogens with zero attached hydrogens (tertiary/aromatic N) is 4. The molecule has 3 N–H and O–H groups in total. The predicted molar refractivity (Wildman–Crippen MR) is 182 cm³/mol. The van der Waals surface area contributed by atoms with Crippen molar-refractivity contribution in [3.05, 3.63) is 145 Å². The average Bonchev–Trinajstić information content (AvgIpc) is 3.47. The third-order valence-corrected chi connectivity index (χ3v) is 8.37. The number of aliphatic hydroxyl groups excluding tert-OH is 1. The highest BCUT2D eigenvalue weighted by Crippen LogP contribution is 2.45. The third-order valence-electron chi connectivity index (χ3n) is 7.81. The summed E-state index contributed by atoms with van der Waals surface area (Å²) in [4.78, 5) is 22.4. The van der Waals surface area contributed by atoms with E-state index in [4.69, 9.17) is 48.3 Å². The first-order chi connectivity index (χ1) is 23.3. The Hall–Kier alpha value is -4.64. The maximum Gasteiger partial charge on any atom is 0.266 e. The molecule has 0 saturated carbocycles. The highest BCUT2D eigenvalue weighted by Gasteiger charge is 2.54. The molecule has 4 aromatic rings. The van der Waals surface area contributed by atoms with Gasteiger partial charge in [-0.25, -0.2) is 14.8 Å². The minimum atomic E-state index is -1.60. The number of hydrogen-bond donors (Lipinski definition) is 3. The fourth-order valence-electron chi connectivity index (χ4n) is 5.36. The van der Waals surface area contributed by atoms with E-state index in [0.29, 0.717) is 52.9 Å². The predicted octanol–water partition coefficient (Wildman–Crippen LogP) is 7.07.